The second kappa shape index (κ2) is 5.14. The molecule has 0 bridgehead atoms. The molecule has 1 amide bonds. The number of carbonyl (C=O) groups is 2. The zero-order valence-electron chi connectivity index (χ0n) is 10.9. The Hall–Kier alpha value is -1.32. The van der Waals surface area contributed by atoms with Crippen LogP contribution in [0.4, 0.5) is 0 Å². The molecule has 0 aromatic heterocycles. The molecule has 0 saturated heterocycles. The van der Waals surface area contributed by atoms with Crippen LogP contribution < -0.4 is 5.32 Å². The van der Waals surface area contributed by atoms with Gasteiger partial charge in [-0.3, -0.25) is 4.79 Å². The van der Waals surface area contributed by atoms with E-state index in [0.29, 0.717) is 6.41 Å². The first-order valence-electron chi connectivity index (χ1n) is 5.17. The number of rotatable bonds is 4. The largest absolute Gasteiger partial charge is 0.464 e. The first kappa shape index (κ1) is 14.7. The number of nitrogens with one attached hydrogen (secondary N) is 1. The Labute approximate surface area is 97.1 Å². The molecule has 0 fully saturated rings. The van der Waals surface area contributed by atoms with Crippen molar-refractivity contribution in [3.8, 4) is 0 Å². The quantitative estimate of drug-likeness (QED) is 0.453. The van der Waals surface area contributed by atoms with Crippen molar-refractivity contribution in [3.63, 3.8) is 0 Å². The Balaban J connectivity index is 5.20. The average molecular weight is 227 g/mol. The van der Waals surface area contributed by atoms with Crippen LogP contribution in [0.3, 0.4) is 0 Å². The zero-order valence-corrected chi connectivity index (χ0v) is 10.9. The van der Waals surface area contributed by atoms with Gasteiger partial charge in [0.1, 0.15) is 5.70 Å². The Kier molecular flexibility index (Phi) is 4.72. The molecule has 92 valence electrons. The van der Waals surface area contributed by atoms with Crippen LogP contribution in [0.25, 0.3) is 0 Å². The monoisotopic (exact) mass is 227 g/mol. The van der Waals surface area contributed by atoms with Gasteiger partial charge in [-0.05, 0) is 16.9 Å². The van der Waals surface area contributed by atoms with Gasteiger partial charge in [0, 0.05) is 0 Å². The molecule has 0 aliphatic rings. The SMILES string of the molecule is COC(=O)/C(=C\C(C)(C)C(C)(C)C)NC=O. The minimum Gasteiger partial charge on any atom is -0.464 e. The van der Waals surface area contributed by atoms with E-state index in [1.807, 2.05) is 13.8 Å². The number of amides is 1. The Morgan fingerprint density at radius 3 is 2.00 bits per heavy atom. The lowest BCUT2D eigenvalue weighted by atomic mass is 9.69. The van der Waals surface area contributed by atoms with Crippen LogP contribution in [-0.4, -0.2) is 19.5 Å². The van der Waals surface area contributed by atoms with E-state index in [2.05, 4.69) is 30.8 Å². The van der Waals surface area contributed by atoms with E-state index >= 15 is 0 Å². The molecule has 4 nitrogen and oxygen atoms in total. The predicted molar refractivity (Wildman–Crippen MR) is 62.5 cm³/mol. The fourth-order valence-corrected chi connectivity index (χ4v) is 0.910. The van der Waals surface area contributed by atoms with Gasteiger partial charge in [0.15, 0.2) is 0 Å². The summed E-state index contributed by atoms with van der Waals surface area (Å²) in [7, 11) is 1.28. The van der Waals surface area contributed by atoms with Crippen molar-refractivity contribution in [2.45, 2.75) is 34.6 Å². The van der Waals surface area contributed by atoms with E-state index in [4.69, 9.17) is 0 Å². The summed E-state index contributed by atoms with van der Waals surface area (Å²) in [6, 6.07) is 0. The fraction of sp³-hybridized carbons (Fsp3) is 0.667. The molecule has 0 aromatic carbocycles. The van der Waals surface area contributed by atoms with Crippen LogP contribution in [0.1, 0.15) is 34.6 Å². The molecule has 0 aliphatic carbocycles. The van der Waals surface area contributed by atoms with Crippen molar-refractivity contribution in [1.82, 2.24) is 5.32 Å². The highest BCUT2D eigenvalue weighted by Crippen LogP contribution is 2.39. The number of esters is 1. The number of hydrogen-bond donors (Lipinski definition) is 1. The number of ether oxygens (including phenoxy) is 1. The van der Waals surface area contributed by atoms with Crippen LogP contribution in [-0.2, 0) is 14.3 Å². The highest BCUT2D eigenvalue weighted by atomic mass is 16.5. The van der Waals surface area contributed by atoms with Crippen molar-refractivity contribution in [2.24, 2.45) is 10.8 Å². The second-order valence-electron chi connectivity index (χ2n) is 5.28. The standard InChI is InChI=1S/C12H21NO3/c1-11(2,3)12(4,5)7-9(13-8-14)10(15)16-6/h7-8H,1-6H3,(H,13,14)/b9-7+. The third-order valence-electron chi connectivity index (χ3n) is 3.06. The summed E-state index contributed by atoms with van der Waals surface area (Å²) >= 11 is 0. The number of carbonyl (C=O) groups excluding carboxylic acids is 2. The van der Waals surface area contributed by atoms with E-state index in [-0.39, 0.29) is 16.5 Å². The zero-order chi connectivity index (χ0) is 13.0. The molecule has 0 atom stereocenters. The van der Waals surface area contributed by atoms with Gasteiger partial charge in [0.25, 0.3) is 0 Å². The first-order valence-corrected chi connectivity index (χ1v) is 5.17. The maximum Gasteiger partial charge on any atom is 0.354 e. The van der Waals surface area contributed by atoms with Crippen molar-refractivity contribution in [2.75, 3.05) is 7.11 Å². The van der Waals surface area contributed by atoms with Gasteiger partial charge in [-0.1, -0.05) is 34.6 Å². The van der Waals surface area contributed by atoms with Crippen molar-refractivity contribution in [3.05, 3.63) is 11.8 Å². The molecule has 1 N–H and O–H groups in total. The van der Waals surface area contributed by atoms with Gasteiger partial charge < -0.3 is 10.1 Å². The van der Waals surface area contributed by atoms with Crippen LogP contribution >= 0.6 is 0 Å². The molecule has 0 aromatic rings. The van der Waals surface area contributed by atoms with E-state index in [1.165, 1.54) is 7.11 Å². The average Bonchev–Trinajstić information content (AvgIpc) is 2.14. The van der Waals surface area contributed by atoms with E-state index in [1.54, 1.807) is 6.08 Å². The van der Waals surface area contributed by atoms with Gasteiger partial charge >= 0.3 is 5.97 Å². The molecule has 4 heteroatoms. The minimum atomic E-state index is -0.538. The predicted octanol–water partition coefficient (Wildman–Crippen LogP) is 1.86. The molecule has 0 radical (unpaired) electrons. The van der Waals surface area contributed by atoms with Gasteiger partial charge in [0.05, 0.1) is 7.11 Å². The van der Waals surface area contributed by atoms with Crippen LogP contribution in [0, 0.1) is 10.8 Å². The topological polar surface area (TPSA) is 55.4 Å². The minimum absolute atomic E-state index is 0.0309. The van der Waals surface area contributed by atoms with Gasteiger partial charge in [-0.2, -0.15) is 0 Å². The summed E-state index contributed by atoms with van der Waals surface area (Å²) < 4.78 is 4.59. The number of allylic oxidation sites excluding steroid dienone is 1. The molecule has 0 heterocycles. The third kappa shape index (κ3) is 3.68. The lowest BCUT2D eigenvalue weighted by Crippen LogP contribution is -2.31. The smallest absolute Gasteiger partial charge is 0.354 e. The van der Waals surface area contributed by atoms with Crippen molar-refractivity contribution < 1.29 is 14.3 Å². The molecule has 0 aliphatic heterocycles. The molecular weight excluding hydrogens is 206 g/mol. The summed E-state index contributed by atoms with van der Waals surface area (Å²) in [5.74, 6) is -0.538. The third-order valence-corrected chi connectivity index (χ3v) is 3.06. The fourth-order valence-electron chi connectivity index (χ4n) is 0.910. The van der Waals surface area contributed by atoms with E-state index in [0.717, 1.165) is 0 Å². The van der Waals surface area contributed by atoms with E-state index < -0.39 is 5.97 Å². The van der Waals surface area contributed by atoms with Gasteiger partial charge in [-0.25, -0.2) is 4.79 Å². The molecule has 16 heavy (non-hydrogen) atoms. The van der Waals surface area contributed by atoms with Gasteiger partial charge in [-0.15, -0.1) is 0 Å². The lowest BCUT2D eigenvalue weighted by Gasteiger charge is -2.36. The Morgan fingerprint density at radius 1 is 1.19 bits per heavy atom. The number of hydrogen-bond acceptors (Lipinski definition) is 3. The van der Waals surface area contributed by atoms with Crippen molar-refractivity contribution in [1.29, 1.82) is 0 Å². The summed E-state index contributed by atoms with van der Waals surface area (Å²) in [5.41, 5.74) is -0.0963. The Bertz CT molecular complexity index is 298. The lowest BCUT2D eigenvalue weighted by molar-refractivity contribution is -0.137. The first-order chi connectivity index (χ1) is 7.15. The van der Waals surface area contributed by atoms with Gasteiger partial charge in [0.2, 0.25) is 6.41 Å². The second-order valence-corrected chi connectivity index (χ2v) is 5.28. The maximum absolute atomic E-state index is 11.4. The van der Waals surface area contributed by atoms with E-state index in [9.17, 15) is 9.59 Å². The molecular formula is C12H21NO3. The summed E-state index contributed by atoms with van der Waals surface area (Å²) in [6.07, 6.45) is 2.20. The van der Waals surface area contributed by atoms with Crippen molar-refractivity contribution >= 4 is 12.4 Å². The molecule has 0 unspecified atom stereocenters. The Morgan fingerprint density at radius 2 is 1.69 bits per heavy atom. The van der Waals surface area contributed by atoms with Crippen LogP contribution in [0.2, 0.25) is 0 Å². The normalized spacial score (nSPS) is 13.2. The number of methoxy groups -OCH3 is 1. The summed E-state index contributed by atoms with van der Waals surface area (Å²) in [4.78, 5) is 21.8. The maximum atomic E-state index is 11.4. The highest BCUT2D eigenvalue weighted by molar-refractivity contribution is 5.90. The van der Waals surface area contributed by atoms with Crippen LogP contribution in [0.5, 0.6) is 0 Å². The summed E-state index contributed by atoms with van der Waals surface area (Å²) in [6.45, 7) is 10.2. The molecule has 0 saturated carbocycles. The molecule has 0 spiro atoms. The van der Waals surface area contributed by atoms with Crippen LogP contribution in [0.15, 0.2) is 11.8 Å². The highest BCUT2D eigenvalue weighted by Gasteiger charge is 2.32. The molecule has 0 rings (SSSR count). The summed E-state index contributed by atoms with van der Waals surface area (Å²) in [5, 5.41) is 2.37.